The Hall–Kier alpha value is -2.94. The van der Waals surface area contributed by atoms with E-state index in [9.17, 15) is 18.8 Å². The van der Waals surface area contributed by atoms with Gasteiger partial charge in [-0.3, -0.25) is 14.5 Å². The molecular weight excluding hydrogens is 457 g/mol. The van der Waals surface area contributed by atoms with E-state index in [1.807, 2.05) is 0 Å². The third-order valence-electron chi connectivity index (χ3n) is 5.08. The van der Waals surface area contributed by atoms with Gasteiger partial charge in [-0.25, -0.2) is 9.18 Å². The van der Waals surface area contributed by atoms with E-state index in [-0.39, 0.29) is 6.54 Å². The Kier molecular flexibility index (Phi) is 6.12. The van der Waals surface area contributed by atoms with Crippen LogP contribution >= 0.6 is 15.9 Å². The lowest BCUT2D eigenvalue weighted by Crippen LogP contribution is -2.43. The lowest BCUT2D eigenvalue weighted by atomic mass is 9.92. The standard InChI is InChI=1S/C21H21BrFN3O4/c1-21(14-4-7-16(30-3)8-5-14)19(28)26(20(29)24-21)12-18(27)25(2)11-13-10-15(22)6-9-17(13)23/h4-10H,11-12H2,1-3H3,(H,24,29). The largest absolute Gasteiger partial charge is 0.497 e. The van der Waals surface area contributed by atoms with Crippen molar-refractivity contribution in [1.82, 2.24) is 15.1 Å². The van der Waals surface area contributed by atoms with Gasteiger partial charge >= 0.3 is 6.03 Å². The molecule has 0 radical (unpaired) electrons. The Morgan fingerprint density at radius 2 is 1.90 bits per heavy atom. The Bertz CT molecular complexity index is 998. The maximum atomic E-state index is 14.0. The van der Waals surface area contributed by atoms with E-state index in [1.165, 1.54) is 25.1 Å². The summed E-state index contributed by atoms with van der Waals surface area (Å²) < 4.78 is 19.8. The minimum Gasteiger partial charge on any atom is -0.497 e. The zero-order valence-corrected chi connectivity index (χ0v) is 18.3. The summed E-state index contributed by atoms with van der Waals surface area (Å²) in [6, 6.07) is 10.5. The Morgan fingerprint density at radius 3 is 2.53 bits per heavy atom. The molecule has 0 aromatic heterocycles. The van der Waals surface area contributed by atoms with E-state index < -0.39 is 35.7 Å². The number of benzene rings is 2. The van der Waals surface area contributed by atoms with Crippen molar-refractivity contribution >= 4 is 33.8 Å². The highest BCUT2D eigenvalue weighted by molar-refractivity contribution is 9.10. The fourth-order valence-electron chi connectivity index (χ4n) is 3.22. The summed E-state index contributed by atoms with van der Waals surface area (Å²) in [5, 5.41) is 2.65. The molecule has 1 saturated heterocycles. The Labute approximate surface area is 181 Å². The third kappa shape index (κ3) is 4.16. The normalized spacial score (nSPS) is 18.4. The lowest BCUT2D eigenvalue weighted by Gasteiger charge is -2.23. The third-order valence-corrected chi connectivity index (χ3v) is 5.57. The van der Waals surface area contributed by atoms with Crippen LogP contribution in [0.15, 0.2) is 46.9 Å². The molecule has 158 valence electrons. The summed E-state index contributed by atoms with van der Waals surface area (Å²) in [6.45, 7) is 1.14. The number of hydrogen-bond acceptors (Lipinski definition) is 4. The van der Waals surface area contributed by atoms with Gasteiger partial charge < -0.3 is 15.0 Å². The van der Waals surface area contributed by atoms with E-state index in [2.05, 4.69) is 21.2 Å². The monoisotopic (exact) mass is 477 g/mol. The second kappa shape index (κ2) is 8.43. The van der Waals surface area contributed by atoms with Gasteiger partial charge in [-0.2, -0.15) is 0 Å². The molecule has 9 heteroatoms. The number of nitrogens with one attached hydrogen (secondary N) is 1. The van der Waals surface area contributed by atoms with Crippen molar-refractivity contribution in [3.63, 3.8) is 0 Å². The molecule has 0 saturated carbocycles. The number of urea groups is 1. The fraction of sp³-hybridized carbons (Fsp3) is 0.286. The molecule has 3 rings (SSSR count). The lowest BCUT2D eigenvalue weighted by molar-refractivity contribution is -0.138. The van der Waals surface area contributed by atoms with Gasteiger partial charge in [-0.05, 0) is 42.8 Å². The Balaban J connectivity index is 1.72. The van der Waals surface area contributed by atoms with Gasteiger partial charge in [0.2, 0.25) is 5.91 Å². The molecule has 0 aliphatic carbocycles. The summed E-state index contributed by atoms with van der Waals surface area (Å²) in [5.74, 6) is -0.850. The number of ether oxygens (including phenoxy) is 1. The molecule has 30 heavy (non-hydrogen) atoms. The molecule has 2 aromatic carbocycles. The van der Waals surface area contributed by atoms with E-state index >= 15 is 0 Å². The number of amides is 4. The van der Waals surface area contributed by atoms with Crippen molar-refractivity contribution < 1.29 is 23.5 Å². The number of halogens is 2. The van der Waals surface area contributed by atoms with Crippen LogP contribution in [0.25, 0.3) is 0 Å². The van der Waals surface area contributed by atoms with Crippen molar-refractivity contribution in [2.75, 3.05) is 20.7 Å². The summed E-state index contributed by atoms with van der Waals surface area (Å²) in [7, 11) is 3.02. The molecule has 0 spiro atoms. The highest BCUT2D eigenvalue weighted by Crippen LogP contribution is 2.30. The van der Waals surface area contributed by atoms with Crippen LogP contribution in [0.4, 0.5) is 9.18 Å². The van der Waals surface area contributed by atoms with E-state index in [0.717, 1.165) is 4.90 Å². The molecule has 1 N–H and O–H groups in total. The molecular formula is C21H21BrFN3O4. The van der Waals surface area contributed by atoms with E-state index in [0.29, 0.717) is 21.3 Å². The van der Waals surface area contributed by atoms with Crippen LogP contribution in [0.2, 0.25) is 0 Å². The second-order valence-corrected chi connectivity index (χ2v) is 8.08. The quantitative estimate of drug-likeness (QED) is 0.648. The van der Waals surface area contributed by atoms with E-state index in [4.69, 9.17) is 4.74 Å². The minimum absolute atomic E-state index is 0.00348. The van der Waals surface area contributed by atoms with Crippen molar-refractivity contribution in [3.05, 3.63) is 63.9 Å². The van der Waals surface area contributed by atoms with Gasteiger partial charge in [0.05, 0.1) is 7.11 Å². The molecule has 1 aliphatic rings. The van der Waals surface area contributed by atoms with Crippen LogP contribution in [-0.4, -0.2) is 48.3 Å². The van der Waals surface area contributed by atoms with Gasteiger partial charge in [0.1, 0.15) is 23.7 Å². The van der Waals surface area contributed by atoms with Crippen LogP contribution in [0.3, 0.4) is 0 Å². The first-order valence-corrected chi connectivity index (χ1v) is 9.91. The van der Waals surface area contributed by atoms with Gasteiger partial charge in [0, 0.05) is 23.6 Å². The first-order valence-electron chi connectivity index (χ1n) is 9.12. The number of rotatable bonds is 6. The van der Waals surface area contributed by atoms with Gasteiger partial charge in [-0.1, -0.05) is 28.1 Å². The zero-order chi connectivity index (χ0) is 22.1. The zero-order valence-electron chi connectivity index (χ0n) is 16.7. The summed E-state index contributed by atoms with van der Waals surface area (Å²) in [4.78, 5) is 40.2. The predicted molar refractivity (Wildman–Crippen MR) is 111 cm³/mol. The van der Waals surface area contributed by atoms with Crippen LogP contribution in [0, 0.1) is 5.82 Å². The molecule has 7 nitrogen and oxygen atoms in total. The number of methoxy groups -OCH3 is 1. The molecule has 1 heterocycles. The van der Waals surface area contributed by atoms with E-state index in [1.54, 1.807) is 43.3 Å². The van der Waals surface area contributed by atoms with Crippen LogP contribution in [0.5, 0.6) is 5.75 Å². The molecule has 4 amide bonds. The Morgan fingerprint density at radius 1 is 1.23 bits per heavy atom. The summed E-state index contributed by atoms with van der Waals surface area (Å²) in [5.41, 5.74) is -0.403. The van der Waals surface area contributed by atoms with Crippen molar-refractivity contribution in [3.8, 4) is 5.75 Å². The van der Waals surface area contributed by atoms with Crippen LogP contribution in [-0.2, 0) is 21.7 Å². The maximum Gasteiger partial charge on any atom is 0.325 e. The highest BCUT2D eigenvalue weighted by atomic mass is 79.9. The van der Waals surface area contributed by atoms with Crippen LogP contribution < -0.4 is 10.1 Å². The van der Waals surface area contributed by atoms with Crippen LogP contribution in [0.1, 0.15) is 18.1 Å². The maximum absolute atomic E-state index is 14.0. The van der Waals surface area contributed by atoms with Crippen molar-refractivity contribution in [2.24, 2.45) is 0 Å². The number of carbonyl (C=O) groups is 3. The topological polar surface area (TPSA) is 79.0 Å². The number of carbonyl (C=O) groups excluding carboxylic acids is 3. The molecule has 1 unspecified atom stereocenters. The number of hydrogen-bond donors (Lipinski definition) is 1. The first-order chi connectivity index (χ1) is 14.2. The average molecular weight is 478 g/mol. The first kappa shape index (κ1) is 21.8. The minimum atomic E-state index is -1.29. The smallest absolute Gasteiger partial charge is 0.325 e. The van der Waals surface area contributed by atoms with Gasteiger partial charge in [0.25, 0.3) is 5.91 Å². The molecule has 0 bridgehead atoms. The van der Waals surface area contributed by atoms with Crippen molar-refractivity contribution in [2.45, 2.75) is 19.0 Å². The fourth-order valence-corrected chi connectivity index (χ4v) is 3.63. The number of imide groups is 1. The molecule has 2 aromatic rings. The molecule has 1 aliphatic heterocycles. The van der Waals surface area contributed by atoms with Gasteiger partial charge in [0.15, 0.2) is 0 Å². The molecule has 1 fully saturated rings. The average Bonchev–Trinajstić information content (AvgIpc) is 2.94. The second-order valence-electron chi connectivity index (χ2n) is 7.16. The number of nitrogens with zero attached hydrogens (tertiary/aromatic N) is 2. The predicted octanol–water partition coefficient (Wildman–Crippen LogP) is 3.02. The number of likely N-dealkylation sites (N-methyl/N-ethyl adjacent to an activating group) is 1. The SMILES string of the molecule is COc1ccc(C2(C)NC(=O)N(CC(=O)N(C)Cc3cc(Br)ccc3F)C2=O)cc1. The highest BCUT2D eigenvalue weighted by Gasteiger charge is 2.49. The van der Waals surface area contributed by atoms with Crippen molar-refractivity contribution in [1.29, 1.82) is 0 Å². The molecule has 1 atom stereocenters. The van der Waals surface area contributed by atoms with Gasteiger partial charge in [-0.15, -0.1) is 0 Å². The summed E-state index contributed by atoms with van der Waals surface area (Å²) in [6.07, 6.45) is 0. The summed E-state index contributed by atoms with van der Waals surface area (Å²) >= 11 is 3.27.